The van der Waals surface area contributed by atoms with Crippen molar-refractivity contribution in [1.29, 1.82) is 0 Å². The predicted molar refractivity (Wildman–Crippen MR) is 65.5 cm³/mol. The Labute approximate surface area is 105 Å². The highest BCUT2D eigenvalue weighted by Crippen LogP contribution is 2.29. The van der Waals surface area contributed by atoms with Crippen molar-refractivity contribution in [3.8, 4) is 5.75 Å². The minimum Gasteiger partial charge on any atom is -0.497 e. The van der Waals surface area contributed by atoms with Crippen LogP contribution in [-0.2, 0) is 20.7 Å². The summed E-state index contributed by atoms with van der Waals surface area (Å²) in [7, 11) is 1.56. The van der Waals surface area contributed by atoms with Crippen LogP contribution in [0, 0.1) is 5.92 Å². The number of methoxy groups -OCH3 is 1. The van der Waals surface area contributed by atoms with Crippen LogP contribution in [0.3, 0.4) is 0 Å². The summed E-state index contributed by atoms with van der Waals surface area (Å²) in [4.78, 5) is 23.5. The quantitative estimate of drug-likeness (QED) is 0.649. The largest absolute Gasteiger partial charge is 0.497 e. The van der Waals surface area contributed by atoms with Crippen molar-refractivity contribution >= 4 is 17.6 Å². The van der Waals surface area contributed by atoms with Crippen molar-refractivity contribution in [3.05, 3.63) is 23.8 Å². The summed E-state index contributed by atoms with van der Waals surface area (Å²) in [5.74, 6) is -0.889. The van der Waals surface area contributed by atoms with Gasteiger partial charge in [-0.15, -0.1) is 0 Å². The van der Waals surface area contributed by atoms with E-state index >= 15 is 0 Å². The van der Waals surface area contributed by atoms with Gasteiger partial charge in [0.15, 0.2) is 0 Å². The van der Waals surface area contributed by atoms with Crippen molar-refractivity contribution in [2.45, 2.75) is 13.3 Å². The maximum absolute atomic E-state index is 11.8. The van der Waals surface area contributed by atoms with E-state index in [9.17, 15) is 9.59 Å². The molecule has 2 rings (SSSR count). The fraction of sp³-hybridized carbons (Fsp3) is 0.385. The molecule has 0 aliphatic carbocycles. The Hall–Kier alpha value is -2.04. The van der Waals surface area contributed by atoms with Gasteiger partial charge in [-0.1, -0.05) is 6.07 Å². The number of rotatable bonds is 3. The summed E-state index contributed by atoms with van der Waals surface area (Å²) in [5.41, 5.74) is 1.60. The maximum atomic E-state index is 11.8. The first-order chi connectivity index (χ1) is 8.65. The highest BCUT2D eigenvalue weighted by atomic mass is 16.5. The molecule has 0 aromatic heterocycles. The molecule has 0 radical (unpaired) electrons. The van der Waals surface area contributed by atoms with Gasteiger partial charge in [0, 0.05) is 11.8 Å². The molecule has 96 valence electrons. The van der Waals surface area contributed by atoms with E-state index < -0.39 is 11.9 Å². The lowest BCUT2D eigenvalue weighted by Gasteiger charge is -2.23. The standard InChI is InChI=1S/C13H15NO4/c1-3-18-13(16)10-6-8-4-5-9(17-2)7-11(8)14-12(10)15/h4-5,7,10H,3,6H2,1-2H3,(H,14,15). The highest BCUT2D eigenvalue weighted by Gasteiger charge is 2.33. The fourth-order valence-corrected chi connectivity index (χ4v) is 1.94. The van der Waals surface area contributed by atoms with Gasteiger partial charge in [0.25, 0.3) is 0 Å². The molecule has 1 aliphatic heterocycles. The molecule has 0 bridgehead atoms. The molecule has 1 atom stereocenters. The first-order valence-corrected chi connectivity index (χ1v) is 5.80. The van der Waals surface area contributed by atoms with E-state index in [0.717, 1.165) is 5.56 Å². The van der Waals surface area contributed by atoms with Crippen LogP contribution in [0.5, 0.6) is 5.75 Å². The number of benzene rings is 1. The summed E-state index contributed by atoms with van der Waals surface area (Å²) in [6, 6.07) is 5.40. The molecule has 1 aromatic carbocycles. The Bertz CT molecular complexity index is 484. The summed E-state index contributed by atoms with van der Waals surface area (Å²) < 4.78 is 9.97. The van der Waals surface area contributed by atoms with E-state index in [-0.39, 0.29) is 12.5 Å². The number of hydrogen-bond acceptors (Lipinski definition) is 4. The van der Waals surface area contributed by atoms with Crippen molar-refractivity contribution in [1.82, 2.24) is 0 Å². The lowest BCUT2D eigenvalue weighted by Crippen LogP contribution is -2.36. The van der Waals surface area contributed by atoms with Crippen molar-refractivity contribution in [2.75, 3.05) is 19.0 Å². The van der Waals surface area contributed by atoms with Crippen LogP contribution in [0.15, 0.2) is 18.2 Å². The van der Waals surface area contributed by atoms with Gasteiger partial charge in [-0.3, -0.25) is 9.59 Å². The minimum atomic E-state index is -0.758. The first kappa shape index (κ1) is 12.4. The number of anilines is 1. The Morgan fingerprint density at radius 3 is 2.94 bits per heavy atom. The lowest BCUT2D eigenvalue weighted by atomic mass is 9.93. The van der Waals surface area contributed by atoms with Crippen LogP contribution in [0.1, 0.15) is 12.5 Å². The molecule has 0 fully saturated rings. The molecule has 18 heavy (non-hydrogen) atoms. The van der Waals surface area contributed by atoms with E-state index in [4.69, 9.17) is 9.47 Å². The summed E-state index contributed by atoms with van der Waals surface area (Å²) in [6.45, 7) is 2.00. The van der Waals surface area contributed by atoms with Gasteiger partial charge in [0.2, 0.25) is 5.91 Å². The number of carbonyl (C=O) groups is 2. The predicted octanol–water partition coefficient (Wildman–Crippen LogP) is 1.37. The van der Waals surface area contributed by atoms with E-state index in [1.54, 1.807) is 26.2 Å². The van der Waals surface area contributed by atoms with Gasteiger partial charge in [0.1, 0.15) is 11.7 Å². The van der Waals surface area contributed by atoms with Crippen molar-refractivity contribution < 1.29 is 19.1 Å². The average Bonchev–Trinajstić information content (AvgIpc) is 2.37. The van der Waals surface area contributed by atoms with Crippen LogP contribution in [0.4, 0.5) is 5.69 Å². The molecule has 1 aromatic rings. The number of nitrogens with one attached hydrogen (secondary N) is 1. The lowest BCUT2D eigenvalue weighted by molar-refractivity contribution is -0.151. The van der Waals surface area contributed by atoms with E-state index in [1.165, 1.54) is 0 Å². The first-order valence-electron chi connectivity index (χ1n) is 5.80. The van der Waals surface area contributed by atoms with Gasteiger partial charge in [-0.05, 0) is 25.0 Å². The molecule has 1 amide bonds. The molecule has 1 aliphatic rings. The molecular weight excluding hydrogens is 234 g/mol. The van der Waals surface area contributed by atoms with Crippen LogP contribution in [0.2, 0.25) is 0 Å². The third-order valence-electron chi connectivity index (χ3n) is 2.89. The van der Waals surface area contributed by atoms with Gasteiger partial charge < -0.3 is 14.8 Å². The zero-order valence-corrected chi connectivity index (χ0v) is 10.4. The Morgan fingerprint density at radius 2 is 2.28 bits per heavy atom. The van der Waals surface area contributed by atoms with Gasteiger partial charge in [0.05, 0.1) is 13.7 Å². The number of amides is 1. The van der Waals surface area contributed by atoms with Crippen LogP contribution >= 0.6 is 0 Å². The van der Waals surface area contributed by atoms with Crippen LogP contribution < -0.4 is 10.1 Å². The van der Waals surface area contributed by atoms with E-state index in [0.29, 0.717) is 17.9 Å². The molecule has 0 saturated carbocycles. The van der Waals surface area contributed by atoms with Crippen LogP contribution in [0.25, 0.3) is 0 Å². The summed E-state index contributed by atoms with van der Waals surface area (Å²) in [6.07, 6.45) is 0.365. The second-order valence-corrected chi connectivity index (χ2v) is 4.02. The minimum absolute atomic E-state index is 0.276. The van der Waals surface area contributed by atoms with E-state index in [1.807, 2.05) is 6.07 Å². The molecule has 0 spiro atoms. The van der Waals surface area contributed by atoms with Gasteiger partial charge in [-0.25, -0.2) is 0 Å². The smallest absolute Gasteiger partial charge is 0.318 e. The number of fused-ring (bicyclic) bond motifs is 1. The third-order valence-corrected chi connectivity index (χ3v) is 2.89. The molecule has 0 saturated heterocycles. The topological polar surface area (TPSA) is 64.6 Å². The maximum Gasteiger partial charge on any atom is 0.318 e. The number of carbonyl (C=O) groups excluding carboxylic acids is 2. The van der Waals surface area contributed by atoms with Gasteiger partial charge in [-0.2, -0.15) is 0 Å². The molecule has 1 N–H and O–H groups in total. The molecular formula is C13H15NO4. The van der Waals surface area contributed by atoms with Crippen molar-refractivity contribution in [3.63, 3.8) is 0 Å². The Balaban J connectivity index is 2.23. The second kappa shape index (κ2) is 5.08. The summed E-state index contributed by atoms with van der Waals surface area (Å²) >= 11 is 0. The average molecular weight is 249 g/mol. The molecule has 1 unspecified atom stereocenters. The number of hydrogen-bond donors (Lipinski definition) is 1. The number of esters is 1. The Morgan fingerprint density at radius 1 is 1.50 bits per heavy atom. The fourth-order valence-electron chi connectivity index (χ4n) is 1.94. The zero-order chi connectivity index (χ0) is 13.1. The van der Waals surface area contributed by atoms with E-state index in [2.05, 4.69) is 5.32 Å². The third kappa shape index (κ3) is 2.30. The molecule has 5 nitrogen and oxygen atoms in total. The Kier molecular flexibility index (Phi) is 3.50. The molecule has 1 heterocycles. The zero-order valence-electron chi connectivity index (χ0n) is 10.4. The van der Waals surface area contributed by atoms with Crippen LogP contribution in [-0.4, -0.2) is 25.6 Å². The normalized spacial score (nSPS) is 17.7. The monoisotopic (exact) mass is 249 g/mol. The SMILES string of the molecule is CCOC(=O)C1Cc2ccc(OC)cc2NC1=O. The second-order valence-electron chi connectivity index (χ2n) is 4.02. The number of ether oxygens (including phenoxy) is 2. The highest BCUT2D eigenvalue weighted by molar-refractivity contribution is 6.07. The molecule has 5 heteroatoms. The van der Waals surface area contributed by atoms with Crippen molar-refractivity contribution in [2.24, 2.45) is 5.92 Å². The van der Waals surface area contributed by atoms with Gasteiger partial charge >= 0.3 is 5.97 Å². The summed E-state index contributed by atoms with van der Waals surface area (Å²) in [5, 5.41) is 2.70.